The van der Waals surface area contributed by atoms with Crippen molar-refractivity contribution in [3.8, 4) is 22.1 Å². The molecule has 26 heavy (non-hydrogen) atoms. The van der Waals surface area contributed by atoms with Crippen LogP contribution in [0.1, 0.15) is 0 Å². The zero-order valence-corrected chi connectivity index (χ0v) is 15.6. The molecule has 0 saturated heterocycles. The second-order valence-corrected chi connectivity index (χ2v) is 7.94. The van der Waals surface area contributed by atoms with E-state index in [-0.39, 0.29) is 12.4 Å². The van der Waals surface area contributed by atoms with E-state index in [0.29, 0.717) is 17.2 Å². The summed E-state index contributed by atoms with van der Waals surface area (Å²) in [5.41, 5.74) is 3.02. The zero-order chi connectivity index (χ0) is 18.4. The molecule has 0 atom stereocenters. The first kappa shape index (κ1) is 18.2. The Morgan fingerprint density at radius 1 is 1.04 bits per heavy atom. The van der Waals surface area contributed by atoms with E-state index in [4.69, 9.17) is 9.47 Å². The number of benzene rings is 2. The summed E-state index contributed by atoms with van der Waals surface area (Å²) in [6, 6.07) is 13.9. The average Bonchev–Trinajstić information content (AvgIpc) is 3.17. The smallest absolute Gasteiger partial charge is 0.236 e. The van der Waals surface area contributed by atoms with Gasteiger partial charge in [0, 0.05) is 11.3 Å². The van der Waals surface area contributed by atoms with E-state index in [9.17, 15) is 8.42 Å². The summed E-state index contributed by atoms with van der Waals surface area (Å²) in [5.74, 6) is 1.14. The lowest BCUT2D eigenvalue weighted by Crippen LogP contribution is -2.21. The number of anilines is 1. The number of ether oxygens (including phenoxy) is 2. The first-order valence-corrected chi connectivity index (χ1v) is 10.2. The van der Waals surface area contributed by atoms with E-state index in [2.05, 4.69) is 14.9 Å². The minimum Gasteiger partial charge on any atom is -0.497 e. The van der Waals surface area contributed by atoms with E-state index in [1.165, 1.54) is 11.3 Å². The summed E-state index contributed by atoms with van der Waals surface area (Å²) in [5, 5.41) is 8.55. The van der Waals surface area contributed by atoms with Gasteiger partial charge >= 0.3 is 0 Å². The molecule has 136 valence electrons. The lowest BCUT2D eigenvalue weighted by Gasteiger charge is -2.10. The van der Waals surface area contributed by atoms with Gasteiger partial charge in [-0.2, -0.15) is 0 Å². The highest BCUT2D eigenvalue weighted by atomic mass is 32.2. The van der Waals surface area contributed by atoms with Crippen LogP contribution < -0.4 is 14.2 Å². The predicted octanol–water partition coefficient (Wildman–Crippen LogP) is 3.03. The fourth-order valence-corrected chi connectivity index (χ4v) is 3.61. The molecule has 7 nitrogen and oxygen atoms in total. The zero-order valence-electron chi connectivity index (χ0n) is 14.0. The lowest BCUT2D eigenvalue weighted by atomic mass is 10.2. The molecule has 0 bridgehead atoms. The molecule has 1 heterocycles. The van der Waals surface area contributed by atoms with Crippen LogP contribution in [0.2, 0.25) is 0 Å². The number of nitrogens with zero attached hydrogens (tertiary/aromatic N) is 2. The molecule has 0 saturated carbocycles. The van der Waals surface area contributed by atoms with Crippen molar-refractivity contribution in [2.75, 3.05) is 24.2 Å². The van der Waals surface area contributed by atoms with Crippen LogP contribution in [0, 0.1) is 0 Å². The van der Waals surface area contributed by atoms with E-state index in [1.54, 1.807) is 61.2 Å². The summed E-state index contributed by atoms with van der Waals surface area (Å²) < 4.78 is 37.4. The number of hydrogen-bond donors (Lipinski definition) is 1. The Kier molecular flexibility index (Phi) is 5.69. The van der Waals surface area contributed by atoms with E-state index in [1.807, 2.05) is 0 Å². The Labute approximate surface area is 155 Å². The van der Waals surface area contributed by atoms with Crippen LogP contribution in [0.3, 0.4) is 0 Å². The highest BCUT2D eigenvalue weighted by Crippen LogP contribution is 2.23. The molecule has 0 radical (unpaired) electrons. The van der Waals surface area contributed by atoms with Gasteiger partial charge in [-0.3, -0.25) is 4.72 Å². The number of nitrogens with one attached hydrogen (secondary N) is 1. The van der Waals surface area contributed by atoms with Crippen LogP contribution in [-0.2, 0) is 10.0 Å². The maximum absolute atomic E-state index is 12.2. The van der Waals surface area contributed by atoms with Crippen LogP contribution in [0.4, 0.5) is 5.69 Å². The maximum Gasteiger partial charge on any atom is 0.236 e. The Balaban J connectivity index is 1.53. The first-order chi connectivity index (χ1) is 12.6. The maximum atomic E-state index is 12.2. The van der Waals surface area contributed by atoms with Gasteiger partial charge in [0.25, 0.3) is 0 Å². The molecule has 3 aromatic rings. The third-order valence-electron chi connectivity index (χ3n) is 3.45. The van der Waals surface area contributed by atoms with Crippen molar-refractivity contribution < 1.29 is 17.9 Å². The molecule has 0 spiro atoms. The van der Waals surface area contributed by atoms with E-state index in [0.717, 1.165) is 10.6 Å². The molecule has 0 aliphatic carbocycles. The van der Waals surface area contributed by atoms with Gasteiger partial charge in [0.2, 0.25) is 10.0 Å². The van der Waals surface area contributed by atoms with Gasteiger partial charge in [0.1, 0.15) is 34.4 Å². The molecule has 1 aromatic heterocycles. The molecule has 0 unspecified atom stereocenters. The summed E-state index contributed by atoms with van der Waals surface area (Å²) in [6.07, 6.45) is 0. The van der Waals surface area contributed by atoms with Crippen molar-refractivity contribution in [1.29, 1.82) is 0 Å². The molecule has 9 heteroatoms. The fraction of sp³-hybridized carbons (Fsp3) is 0.176. The normalized spacial score (nSPS) is 11.1. The number of hydrogen-bond acceptors (Lipinski definition) is 7. The topological polar surface area (TPSA) is 90.4 Å². The number of rotatable bonds is 8. The average molecular weight is 391 g/mol. The molecule has 1 N–H and O–H groups in total. The van der Waals surface area contributed by atoms with Crippen molar-refractivity contribution in [3.63, 3.8) is 0 Å². The minimum atomic E-state index is -3.51. The van der Waals surface area contributed by atoms with E-state index >= 15 is 0 Å². The Morgan fingerprint density at radius 2 is 1.73 bits per heavy atom. The molecule has 0 amide bonds. The standard InChI is InChI=1S/C17H17N3O4S2/c1-23-15-6-8-16(9-7-15)24-10-11-26(21,22)20-14-4-2-13(3-5-14)17-19-18-12-25-17/h2-9,12,20H,10-11H2,1H3. The third kappa shape index (κ3) is 4.93. The Morgan fingerprint density at radius 3 is 2.35 bits per heavy atom. The van der Waals surface area contributed by atoms with Crippen LogP contribution in [0.5, 0.6) is 11.5 Å². The highest BCUT2D eigenvalue weighted by Gasteiger charge is 2.11. The monoisotopic (exact) mass is 391 g/mol. The van der Waals surface area contributed by atoms with Crippen molar-refractivity contribution >= 4 is 27.0 Å². The molecule has 0 fully saturated rings. The summed E-state index contributed by atoms with van der Waals surface area (Å²) >= 11 is 1.42. The van der Waals surface area contributed by atoms with Crippen LogP contribution in [-0.4, -0.2) is 38.1 Å². The van der Waals surface area contributed by atoms with E-state index < -0.39 is 10.0 Å². The molecule has 3 rings (SSSR count). The summed E-state index contributed by atoms with van der Waals surface area (Å²) in [7, 11) is -1.93. The number of aromatic nitrogens is 2. The Hall–Kier alpha value is -2.65. The van der Waals surface area contributed by atoms with Crippen molar-refractivity contribution in [1.82, 2.24) is 10.2 Å². The van der Waals surface area contributed by atoms with Crippen LogP contribution in [0.15, 0.2) is 54.0 Å². The minimum absolute atomic E-state index is 0.0462. The molecule has 2 aromatic carbocycles. The van der Waals surface area contributed by atoms with Gasteiger partial charge in [-0.15, -0.1) is 10.2 Å². The van der Waals surface area contributed by atoms with Crippen molar-refractivity contribution in [2.24, 2.45) is 0 Å². The predicted molar refractivity (Wildman–Crippen MR) is 101 cm³/mol. The van der Waals surface area contributed by atoms with Gasteiger partial charge in [0.15, 0.2) is 0 Å². The lowest BCUT2D eigenvalue weighted by molar-refractivity contribution is 0.340. The molecular weight excluding hydrogens is 374 g/mol. The molecular formula is C17H17N3O4S2. The molecule has 0 aliphatic heterocycles. The van der Waals surface area contributed by atoms with Gasteiger partial charge in [-0.25, -0.2) is 8.42 Å². The van der Waals surface area contributed by atoms with Crippen LogP contribution >= 0.6 is 11.3 Å². The van der Waals surface area contributed by atoms with Gasteiger partial charge in [0.05, 0.1) is 7.11 Å². The SMILES string of the molecule is COc1ccc(OCCS(=O)(=O)Nc2ccc(-c3nncs3)cc2)cc1. The highest BCUT2D eigenvalue weighted by molar-refractivity contribution is 7.92. The fourth-order valence-electron chi connectivity index (χ4n) is 2.15. The second-order valence-electron chi connectivity index (χ2n) is 5.27. The number of sulfonamides is 1. The third-order valence-corrected chi connectivity index (χ3v) is 5.44. The molecule has 0 aliphatic rings. The second kappa shape index (κ2) is 8.15. The largest absolute Gasteiger partial charge is 0.497 e. The summed E-state index contributed by atoms with van der Waals surface area (Å²) in [4.78, 5) is 0. The number of methoxy groups -OCH3 is 1. The summed E-state index contributed by atoms with van der Waals surface area (Å²) in [6.45, 7) is 0.0462. The quantitative estimate of drug-likeness (QED) is 0.635. The van der Waals surface area contributed by atoms with Gasteiger partial charge in [-0.05, 0) is 48.5 Å². The Bertz CT molecular complexity index is 925. The van der Waals surface area contributed by atoms with Crippen molar-refractivity contribution in [2.45, 2.75) is 0 Å². The van der Waals surface area contributed by atoms with Gasteiger partial charge < -0.3 is 9.47 Å². The first-order valence-electron chi connectivity index (χ1n) is 7.70. The van der Waals surface area contributed by atoms with Crippen molar-refractivity contribution in [3.05, 3.63) is 54.0 Å². The van der Waals surface area contributed by atoms with Gasteiger partial charge in [-0.1, -0.05) is 11.3 Å². The van der Waals surface area contributed by atoms with Crippen LogP contribution in [0.25, 0.3) is 10.6 Å².